The number of rotatable bonds is 6. The minimum Gasteiger partial charge on any atom is -0.494 e. The van der Waals surface area contributed by atoms with E-state index in [-0.39, 0.29) is 5.91 Å². The Kier molecular flexibility index (Phi) is 5.73. The first-order valence-corrected chi connectivity index (χ1v) is 8.81. The first kappa shape index (κ1) is 17.1. The fourth-order valence-electron chi connectivity index (χ4n) is 2.93. The summed E-state index contributed by atoms with van der Waals surface area (Å²) in [4.78, 5) is 14.4. The van der Waals surface area contributed by atoms with Crippen molar-refractivity contribution in [3.63, 3.8) is 0 Å². The number of anilines is 2. The normalized spacial score (nSPS) is 14.0. The second-order valence-electron chi connectivity index (χ2n) is 6.07. The standard InChI is InChI=1S/C21H24N2O2/c1-2-25-20-12-5-17(6-13-20)7-14-21(24)22-18-8-10-19(11-9-18)23-15-3-4-16-23/h5-14H,2-4,15-16H2,1H3,(H,22,24)/b14-7+. The van der Waals surface area contributed by atoms with Crippen molar-refractivity contribution in [1.82, 2.24) is 0 Å². The minimum atomic E-state index is -0.136. The lowest BCUT2D eigenvalue weighted by Gasteiger charge is -2.17. The van der Waals surface area contributed by atoms with Crippen LogP contribution in [0.25, 0.3) is 6.08 Å². The maximum absolute atomic E-state index is 12.1. The highest BCUT2D eigenvalue weighted by molar-refractivity contribution is 6.02. The smallest absolute Gasteiger partial charge is 0.248 e. The molecule has 1 N–H and O–H groups in total. The van der Waals surface area contributed by atoms with Gasteiger partial charge in [-0.3, -0.25) is 4.79 Å². The number of hydrogen-bond donors (Lipinski definition) is 1. The van der Waals surface area contributed by atoms with E-state index in [2.05, 4.69) is 22.3 Å². The molecule has 25 heavy (non-hydrogen) atoms. The van der Waals surface area contributed by atoms with Gasteiger partial charge in [0, 0.05) is 30.5 Å². The van der Waals surface area contributed by atoms with E-state index in [0.29, 0.717) is 6.61 Å². The summed E-state index contributed by atoms with van der Waals surface area (Å²) >= 11 is 0. The van der Waals surface area contributed by atoms with Crippen LogP contribution in [0.2, 0.25) is 0 Å². The number of carbonyl (C=O) groups excluding carboxylic acids is 1. The predicted molar refractivity (Wildman–Crippen MR) is 103 cm³/mol. The van der Waals surface area contributed by atoms with Crippen molar-refractivity contribution in [3.05, 3.63) is 60.2 Å². The van der Waals surface area contributed by atoms with E-state index in [4.69, 9.17) is 4.74 Å². The van der Waals surface area contributed by atoms with Crippen molar-refractivity contribution < 1.29 is 9.53 Å². The highest BCUT2D eigenvalue weighted by Crippen LogP contribution is 2.22. The molecule has 3 rings (SSSR count). The number of ether oxygens (including phenoxy) is 1. The van der Waals surface area contributed by atoms with Gasteiger partial charge >= 0.3 is 0 Å². The summed E-state index contributed by atoms with van der Waals surface area (Å²) in [6.45, 7) is 4.84. The first-order chi connectivity index (χ1) is 12.2. The number of hydrogen-bond acceptors (Lipinski definition) is 3. The van der Waals surface area contributed by atoms with E-state index < -0.39 is 0 Å². The molecule has 1 aliphatic rings. The van der Waals surface area contributed by atoms with E-state index in [0.717, 1.165) is 30.1 Å². The Morgan fingerprint density at radius 2 is 1.76 bits per heavy atom. The maximum atomic E-state index is 12.1. The molecule has 0 bridgehead atoms. The second kappa shape index (κ2) is 8.38. The van der Waals surface area contributed by atoms with Crippen LogP contribution in [0.5, 0.6) is 5.75 Å². The molecule has 0 aliphatic carbocycles. The summed E-state index contributed by atoms with van der Waals surface area (Å²) in [5.74, 6) is 0.699. The third-order valence-corrected chi connectivity index (χ3v) is 4.22. The molecule has 1 heterocycles. The molecular weight excluding hydrogens is 312 g/mol. The quantitative estimate of drug-likeness (QED) is 0.798. The van der Waals surface area contributed by atoms with E-state index in [1.807, 2.05) is 43.3 Å². The van der Waals surface area contributed by atoms with E-state index >= 15 is 0 Å². The third kappa shape index (κ3) is 4.86. The van der Waals surface area contributed by atoms with Crippen LogP contribution in [0, 0.1) is 0 Å². The molecule has 0 spiro atoms. The average Bonchev–Trinajstić information content (AvgIpc) is 3.17. The molecule has 1 fully saturated rings. The molecular formula is C21H24N2O2. The highest BCUT2D eigenvalue weighted by Gasteiger charge is 2.11. The monoisotopic (exact) mass is 336 g/mol. The fourth-order valence-corrected chi connectivity index (χ4v) is 2.93. The molecule has 2 aromatic rings. The van der Waals surface area contributed by atoms with Gasteiger partial charge in [-0.1, -0.05) is 12.1 Å². The van der Waals surface area contributed by atoms with Crippen molar-refractivity contribution in [2.45, 2.75) is 19.8 Å². The van der Waals surface area contributed by atoms with Crippen LogP contribution in [-0.4, -0.2) is 25.6 Å². The molecule has 2 aromatic carbocycles. The lowest BCUT2D eigenvalue weighted by molar-refractivity contribution is -0.111. The number of nitrogens with one attached hydrogen (secondary N) is 1. The first-order valence-electron chi connectivity index (χ1n) is 8.81. The van der Waals surface area contributed by atoms with Crippen LogP contribution in [0.4, 0.5) is 11.4 Å². The Hall–Kier alpha value is -2.75. The summed E-state index contributed by atoms with van der Waals surface area (Å²) in [6.07, 6.45) is 5.86. The molecule has 1 amide bonds. The minimum absolute atomic E-state index is 0.136. The van der Waals surface area contributed by atoms with Gasteiger partial charge in [-0.2, -0.15) is 0 Å². The number of amides is 1. The zero-order chi connectivity index (χ0) is 17.5. The summed E-state index contributed by atoms with van der Waals surface area (Å²) < 4.78 is 5.41. The van der Waals surface area contributed by atoms with Gasteiger partial charge in [0.15, 0.2) is 0 Å². The van der Waals surface area contributed by atoms with Crippen LogP contribution >= 0.6 is 0 Å². The number of carbonyl (C=O) groups is 1. The van der Waals surface area contributed by atoms with Crippen molar-refractivity contribution in [2.75, 3.05) is 29.9 Å². The van der Waals surface area contributed by atoms with Crippen molar-refractivity contribution in [1.29, 1.82) is 0 Å². The predicted octanol–water partition coefficient (Wildman–Crippen LogP) is 4.34. The summed E-state index contributed by atoms with van der Waals surface area (Å²) in [5.41, 5.74) is 2.99. The molecule has 4 nitrogen and oxygen atoms in total. The topological polar surface area (TPSA) is 41.6 Å². The molecule has 130 valence electrons. The molecule has 1 aliphatic heterocycles. The Balaban J connectivity index is 1.54. The van der Waals surface area contributed by atoms with E-state index in [1.165, 1.54) is 18.5 Å². The van der Waals surface area contributed by atoms with Crippen molar-refractivity contribution >= 4 is 23.4 Å². The lowest BCUT2D eigenvalue weighted by Crippen LogP contribution is -2.17. The molecule has 0 atom stereocenters. The largest absolute Gasteiger partial charge is 0.494 e. The van der Waals surface area contributed by atoms with Gasteiger partial charge in [0.05, 0.1) is 6.61 Å². The lowest BCUT2D eigenvalue weighted by atomic mass is 10.2. The van der Waals surface area contributed by atoms with Gasteiger partial charge < -0.3 is 15.0 Å². The summed E-state index contributed by atoms with van der Waals surface area (Å²) in [7, 11) is 0. The van der Waals surface area contributed by atoms with Crippen LogP contribution in [0.3, 0.4) is 0 Å². The molecule has 0 radical (unpaired) electrons. The van der Waals surface area contributed by atoms with Crippen LogP contribution < -0.4 is 15.0 Å². The van der Waals surface area contributed by atoms with Crippen LogP contribution in [-0.2, 0) is 4.79 Å². The van der Waals surface area contributed by atoms with E-state index in [9.17, 15) is 4.79 Å². The molecule has 4 heteroatoms. The SMILES string of the molecule is CCOc1ccc(/C=C/C(=O)Nc2ccc(N3CCCC3)cc2)cc1. The Labute approximate surface area is 149 Å². The van der Waals surface area contributed by atoms with Crippen LogP contribution in [0.15, 0.2) is 54.6 Å². The average molecular weight is 336 g/mol. The molecule has 1 saturated heterocycles. The van der Waals surface area contributed by atoms with Crippen LogP contribution in [0.1, 0.15) is 25.3 Å². The molecule has 0 aromatic heterocycles. The van der Waals surface area contributed by atoms with Gasteiger partial charge in [-0.25, -0.2) is 0 Å². The van der Waals surface area contributed by atoms with Crippen molar-refractivity contribution in [3.8, 4) is 5.75 Å². The number of nitrogens with zero attached hydrogens (tertiary/aromatic N) is 1. The maximum Gasteiger partial charge on any atom is 0.248 e. The van der Waals surface area contributed by atoms with Gasteiger partial charge in [0.1, 0.15) is 5.75 Å². The third-order valence-electron chi connectivity index (χ3n) is 4.22. The van der Waals surface area contributed by atoms with Gasteiger partial charge in [-0.15, -0.1) is 0 Å². The zero-order valence-electron chi connectivity index (χ0n) is 14.6. The van der Waals surface area contributed by atoms with Gasteiger partial charge in [0.2, 0.25) is 5.91 Å². The molecule has 0 unspecified atom stereocenters. The summed E-state index contributed by atoms with van der Waals surface area (Å²) in [5, 5.41) is 2.89. The molecule has 0 saturated carbocycles. The fraction of sp³-hybridized carbons (Fsp3) is 0.286. The zero-order valence-corrected chi connectivity index (χ0v) is 14.6. The Bertz CT molecular complexity index is 715. The second-order valence-corrected chi connectivity index (χ2v) is 6.07. The highest BCUT2D eigenvalue weighted by atomic mass is 16.5. The summed E-state index contributed by atoms with van der Waals surface area (Å²) in [6, 6.07) is 15.7. The number of benzene rings is 2. The Morgan fingerprint density at radius 1 is 1.08 bits per heavy atom. The van der Waals surface area contributed by atoms with Gasteiger partial charge in [0.25, 0.3) is 0 Å². The van der Waals surface area contributed by atoms with Crippen molar-refractivity contribution in [2.24, 2.45) is 0 Å². The Morgan fingerprint density at radius 3 is 2.40 bits per heavy atom. The van der Waals surface area contributed by atoms with Gasteiger partial charge in [-0.05, 0) is 67.8 Å². The van der Waals surface area contributed by atoms with E-state index in [1.54, 1.807) is 12.2 Å².